The van der Waals surface area contributed by atoms with Crippen LogP contribution in [0, 0.1) is 18.3 Å². The van der Waals surface area contributed by atoms with Gasteiger partial charge in [-0.15, -0.1) is 11.3 Å². The fourth-order valence-electron chi connectivity index (χ4n) is 5.50. The van der Waals surface area contributed by atoms with E-state index in [1.165, 1.54) is 26.6 Å². The minimum absolute atomic E-state index is 0.135. The molecule has 1 aromatic carbocycles. The van der Waals surface area contributed by atoms with E-state index in [4.69, 9.17) is 14.6 Å². The van der Waals surface area contributed by atoms with Crippen LogP contribution in [-0.4, -0.2) is 59.2 Å². The molecule has 4 aromatic rings. The number of hydrogen-bond donors (Lipinski definition) is 0. The van der Waals surface area contributed by atoms with Crippen LogP contribution in [0.3, 0.4) is 0 Å². The summed E-state index contributed by atoms with van der Waals surface area (Å²) in [5, 5.41) is 8.78. The number of anilines is 1. The molecule has 11 heteroatoms. The maximum absolute atomic E-state index is 13.4. The molecule has 0 bridgehead atoms. The molecule has 36 heavy (non-hydrogen) atoms. The van der Waals surface area contributed by atoms with Gasteiger partial charge in [-0.05, 0) is 65.5 Å². The predicted octanol–water partition coefficient (Wildman–Crippen LogP) is 4.20. The molecule has 0 N–H and O–H groups in total. The zero-order chi connectivity index (χ0) is 25.2. The van der Waals surface area contributed by atoms with Crippen molar-refractivity contribution in [3.05, 3.63) is 34.5 Å². The second-order valence-corrected chi connectivity index (χ2v) is 13.9. The van der Waals surface area contributed by atoms with E-state index in [0.29, 0.717) is 37.6 Å². The number of thiophene rings is 1. The lowest BCUT2D eigenvalue weighted by molar-refractivity contribution is 0.218. The van der Waals surface area contributed by atoms with E-state index in [1.54, 1.807) is 18.2 Å². The standard InChI is InChI=1S/C25H30N6O3S2/c1-15-26-23(21-17-9-8-16(25(2,3)4)14-19(17)35-24(21)27-15)30-10-12-31(13-11-30)36(32,33)20-7-5-6-18-22(20)29-34-28-18/h5-7,16H,8-14H2,1-4H3/t16-/m1/s1. The van der Waals surface area contributed by atoms with Crippen LogP contribution < -0.4 is 4.90 Å². The fourth-order valence-corrected chi connectivity index (χ4v) is 8.40. The van der Waals surface area contributed by atoms with Crippen molar-refractivity contribution in [3.63, 3.8) is 0 Å². The molecule has 0 radical (unpaired) electrons. The number of aryl methyl sites for hydroxylation is 2. The number of hydrogen-bond acceptors (Lipinski definition) is 9. The third-order valence-electron chi connectivity index (χ3n) is 7.63. The SMILES string of the molecule is Cc1nc(N2CCN(S(=O)(=O)c3cccc4nonc34)CC2)c2c3c(sc2n1)C[C@H](C(C)(C)C)CC3. The van der Waals surface area contributed by atoms with Crippen LogP contribution in [0.4, 0.5) is 5.82 Å². The Morgan fingerprint density at radius 1 is 1.08 bits per heavy atom. The highest BCUT2D eigenvalue weighted by molar-refractivity contribution is 7.89. The molecular weight excluding hydrogens is 496 g/mol. The highest BCUT2D eigenvalue weighted by atomic mass is 32.2. The van der Waals surface area contributed by atoms with E-state index in [2.05, 4.69) is 36.0 Å². The Bertz CT molecular complexity index is 1560. The molecule has 0 unspecified atom stereocenters. The zero-order valence-electron chi connectivity index (χ0n) is 21.0. The lowest BCUT2D eigenvalue weighted by atomic mass is 9.72. The lowest BCUT2D eigenvalue weighted by Crippen LogP contribution is -2.49. The highest BCUT2D eigenvalue weighted by Crippen LogP contribution is 2.45. The summed E-state index contributed by atoms with van der Waals surface area (Å²) in [5.74, 6) is 2.36. The minimum Gasteiger partial charge on any atom is -0.353 e. The summed E-state index contributed by atoms with van der Waals surface area (Å²) < 4.78 is 33.2. The van der Waals surface area contributed by atoms with Crippen LogP contribution in [0.15, 0.2) is 27.7 Å². The van der Waals surface area contributed by atoms with Crippen LogP contribution in [0.2, 0.25) is 0 Å². The Hall–Kier alpha value is -2.63. The maximum atomic E-state index is 13.4. The van der Waals surface area contributed by atoms with Gasteiger partial charge in [-0.2, -0.15) is 4.31 Å². The molecule has 1 fully saturated rings. The molecule has 4 heterocycles. The summed E-state index contributed by atoms with van der Waals surface area (Å²) in [6, 6.07) is 4.92. The van der Waals surface area contributed by atoms with Gasteiger partial charge >= 0.3 is 0 Å². The molecular formula is C25H30N6O3S2. The molecule has 0 spiro atoms. The van der Waals surface area contributed by atoms with Crippen LogP contribution in [0.5, 0.6) is 0 Å². The Labute approximate surface area is 214 Å². The average Bonchev–Trinajstić information content (AvgIpc) is 3.46. The molecule has 1 aliphatic heterocycles. The first-order chi connectivity index (χ1) is 17.1. The second kappa shape index (κ2) is 8.46. The molecule has 1 atom stereocenters. The molecule has 3 aromatic heterocycles. The number of benzene rings is 1. The fraction of sp³-hybridized carbons (Fsp3) is 0.520. The number of nitrogens with zero attached hydrogens (tertiary/aromatic N) is 6. The average molecular weight is 527 g/mol. The Morgan fingerprint density at radius 2 is 1.86 bits per heavy atom. The van der Waals surface area contributed by atoms with Gasteiger partial charge in [0.1, 0.15) is 26.9 Å². The number of piperazine rings is 1. The zero-order valence-corrected chi connectivity index (χ0v) is 22.6. The molecule has 1 aliphatic carbocycles. The molecule has 1 saturated heterocycles. The Balaban J connectivity index is 1.29. The van der Waals surface area contributed by atoms with Crippen molar-refractivity contribution in [2.75, 3.05) is 31.1 Å². The van der Waals surface area contributed by atoms with Crippen LogP contribution >= 0.6 is 11.3 Å². The first-order valence-corrected chi connectivity index (χ1v) is 14.6. The van der Waals surface area contributed by atoms with Gasteiger partial charge in [0.2, 0.25) is 10.0 Å². The number of aromatic nitrogens is 4. The van der Waals surface area contributed by atoms with Gasteiger partial charge in [-0.3, -0.25) is 0 Å². The topological polar surface area (TPSA) is 105 Å². The number of sulfonamides is 1. The monoisotopic (exact) mass is 526 g/mol. The summed E-state index contributed by atoms with van der Waals surface area (Å²) >= 11 is 1.81. The third kappa shape index (κ3) is 3.88. The van der Waals surface area contributed by atoms with Crippen LogP contribution in [-0.2, 0) is 22.9 Å². The number of fused-ring (bicyclic) bond motifs is 4. The highest BCUT2D eigenvalue weighted by Gasteiger charge is 2.35. The van der Waals surface area contributed by atoms with E-state index < -0.39 is 10.0 Å². The van der Waals surface area contributed by atoms with E-state index in [9.17, 15) is 8.42 Å². The molecule has 190 valence electrons. The smallest absolute Gasteiger partial charge is 0.245 e. The maximum Gasteiger partial charge on any atom is 0.245 e. The Morgan fingerprint density at radius 3 is 2.61 bits per heavy atom. The van der Waals surface area contributed by atoms with Gasteiger partial charge in [0.05, 0.1) is 5.39 Å². The quantitative estimate of drug-likeness (QED) is 0.391. The van der Waals surface area contributed by atoms with Gasteiger partial charge in [-0.25, -0.2) is 23.0 Å². The van der Waals surface area contributed by atoms with E-state index in [0.717, 1.165) is 29.3 Å². The molecule has 0 amide bonds. The number of rotatable bonds is 3. The van der Waals surface area contributed by atoms with Gasteiger partial charge < -0.3 is 4.90 Å². The van der Waals surface area contributed by atoms with Crippen molar-refractivity contribution in [2.24, 2.45) is 11.3 Å². The molecule has 2 aliphatic rings. The van der Waals surface area contributed by atoms with Crippen molar-refractivity contribution in [1.82, 2.24) is 24.6 Å². The van der Waals surface area contributed by atoms with E-state index >= 15 is 0 Å². The van der Waals surface area contributed by atoms with Crippen LogP contribution in [0.25, 0.3) is 21.3 Å². The van der Waals surface area contributed by atoms with Crippen molar-refractivity contribution >= 4 is 48.4 Å². The van der Waals surface area contributed by atoms with Gasteiger partial charge in [0.25, 0.3) is 0 Å². The molecule has 6 rings (SSSR count). The van der Waals surface area contributed by atoms with Crippen molar-refractivity contribution < 1.29 is 13.0 Å². The largest absolute Gasteiger partial charge is 0.353 e. The summed E-state index contributed by atoms with van der Waals surface area (Å²) in [7, 11) is -3.73. The van der Waals surface area contributed by atoms with Crippen molar-refractivity contribution in [2.45, 2.75) is 51.9 Å². The van der Waals surface area contributed by atoms with E-state index in [-0.39, 0.29) is 15.8 Å². The summed E-state index contributed by atoms with van der Waals surface area (Å²) in [6.07, 6.45) is 3.30. The van der Waals surface area contributed by atoms with Gasteiger partial charge in [0, 0.05) is 31.1 Å². The van der Waals surface area contributed by atoms with Crippen LogP contribution in [0.1, 0.15) is 43.5 Å². The minimum atomic E-state index is -3.73. The summed E-state index contributed by atoms with van der Waals surface area (Å²) in [5.41, 5.74) is 2.38. The molecule has 0 saturated carbocycles. The van der Waals surface area contributed by atoms with E-state index in [1.807, 2.05) is 18.3 Å². The Kier molecular flexibility index (Phi) is 5.58. The third-order valence-corrected chi connectivity index (χ3v) is 10.7. The van der Waals surface area contributed by atoms with Gasteiger partial charge in [0.15, 0.2) is 5.52 Å². The van der Waals surface area contributed by atoms with Crippen molar-refractivity contribution in [1.29, 1.82) is 0 Å². The summed E-state index contributed by atoms with van der Waals surface area (Å²) in [4.78, 5) is 14.5. The van der Waals surface area contributed by atoms with Crippen molar-refractivity contribution in [3.8, 4) is 0 Å². The lowest BCUT2D eigenvalue weighted by Gasteiger charge is -2.36. The molecule has 9 nitrogen and oxygen atoms in total. The second-order valence-electron chi connectivity index (χ2n) is 10.9. The normalized spacial score (nSPS) is 19.8. The first-order valence-electron chi connectivity index (χ1n) is 12.4. The first kappa shape index (κ1) is 23.7. The van der Waals surface area contributed by atoms with Gasteiger partial charge in [-0.1, -0.05) is 26.8 Å². The predicted molar refractivity (Wildman–Crippen MR) is 140 cm³/mol. The summed E-state index contributed by atoms with van der Waals surface area (Å²) in [6.45, 7) is 10.8.